The second kappa shape index (κ2) is 11.0. The normalized spacial score (nSPS) is 21.6. The number of carbonyl (C=O) groups is 3. The van der Waals surface area contributed by atoms with Crippen molar-refractivity contribution in [1.82, 2.24) is 10.2 Å². The molecule has 2 aliphatic heterocycles. The number of esters is 1. The summed E-state index contributed by atoms with van der Waals surface area (Å²) >= 11 is 19.1. The molecule has 194 valence electrons. The Hall–Kier alpha value is -2.63. The Kier molecular flexibility index (Phi) is 8.15. The van der Waals surface area contributed by atoms with E-state index in [1.165, 1.54) is 25.8 Å². The number of aliphatic carboxylic acids is 1. The first-order valence-corrected chi connectivity index (χ1v) is 13.2. The third-order valence-corrected chi connectivity index (χ3v) is 8.16. The van der Waals surface area contributed by atoms with E-state index in [1.54, 1.807) is 48.5 Å². The highest BCUT2D eigenvalue weighted by molar-refractivity contribution is 8.00. The van der Waals surface area contributed by atoms with Crippen molar-refractivity contribution in [2.24, 2.45) is 0 Å². The summed E-state index contributed by atoms with van der Waals surface area (Å²) < 4.78 is 11.1. The van der Waals surface area contributed by atoms with Gasteiger partial charge in [-0.1, -0.05) is 65.8 Å². The number of ether oxygens (including phenoxy) is 2. The first-order valence-electron chi connectivity index (χ1n) is 11.0. The van der Waals surface area contributed by atoms with Crippen LogP contribution in [0.15, 0.2) is 59.8 Å². The molecule has 2 N–H and O–H groups in total. The van der Waals surface area contributed by atoms with Gasteiger partial charge in [0.1, 0.15) is 11.1 Å². The van der Waals surface area contributed by atoms with E-state index >= 15 is 0 Å². The number of carboxylic acids is 1. The van der Waals surface area contributed by atoms with Crippen LogP contribution in [-0.4, -0.2) is 56.8 Å². The third kappa shape index (κ3) is 5.21. The number of carboxylic acid groups (broad SMARTS) is 1. The minimum absolute atomic E-state index is 0.169. The van der Waals surface area contributed by atoms with Crippen LogP contribution in [0.4, 0.5) is 0 Å². The Morgan fingerprint density at radius 3 is 2.59 bits per heavy atom. The molecule has 1 saturated heterocycles. The molecular formula is C25H22Cl2N2O6S2. The minimum atomic E-state index is -1.58. The molecule has 12 heteroatoms. The van der Waals surface area contributed by atoms with Crippen LogP contribution in [0.1, 0.15) is 24.2 Å². The quantitative estimate of drug-likeness (QED) is 0.204. The summed E-state index contributed by atoms with van der Waals surface area (Å²) in [5.41, 5.74) is -0.279. The van der Waals surface area contributed by atoms with Crippen molar-refractivity contribution in [3.05, 3.63) is 81.0 Å². The lowest BCUT2D eigenvalue weighted by Crippen LogP contribution is -2.80. The molecule has 2 heterocycles. The summed E-state index contributed by atoms with van der Waals surface area (Å²) in [6, 6.07) is 13.8. The van der Waals surface area contributed by atoms with Crippen LogP contribution in [0.5, 0.6) is 0 Å². The van der Waals surface area contributed by atoms with Crippen molar-refractivity contribution >= 4 is 70.0 Å². The number of fused-ring (bicyclic) bond motifs is 1. The fourth-order valence-electron chi connectivity index (χ4n) is 4.34. The molecule has 3 atom stereocenters. The molecule has 37 heavy (non-hydrogen) atoms. The number of thiocarbonyl (C=S) groups is 1. The molecule has 0 spiro atoms. The van der Waals surface area contributed by atoms with E-state index in [0.717, 1.165) is 4.90 Å². The number of rotatable bonds is 8. The number of nitrogens with zero attached hydrogens (tertiary/aromatic N) is 1. The summed E-state index contributed by atoms with van der Waals surface area (Å²) in [6.45, 7) is 1.25. The van der Waals surface area contributed by atoms with Crippen LogP contribution in [0.25, 0.3) is 0 Å². The minimum Gasteiger partial charge on any atom is -0.477 e. The maximum absolute atomic E-state index is 13.5. The summed E-state index contributed by atoms with van der Waals surface area (Å²) in [5, 5.41) is 13.3. The smallest absolute Gasteiger partial charge is 0.352 e. The van der Waals surface area contributed by atoms with Crippen molar-refractivity contribution in [1.29, 1.82) is 0 Å². The molecule has 2 unspecified atom stereocenters. The lowest BCUT2D eigenvalue weighted by atomic mass is 9.94. The van der Waals surface area contributed by atoms with Gasteiger partial charge in [0.25, 0.3) is 11.6 Å². The average Bonchev–Trinajstić information content (AvgIpc) is 2.87. The second-order valence-electron chi connectivity index (χ2n) is 8.32. The SMILES string of the molecule is COC1(NC(=S)Cc2cc(Cl)ccc2Cl)C(=O)N2C(C(=O)O)=C(C(OC(C)=O)c3ccccc3)CS[C@H]21. The van der Waals surface area contributed by atoms with Crippen molar-refractivity contribution < 1.29 is 29.0 Å². The van der Waals surface area contributed by atoms with Crippen molar-refractivity contribution in [3.63, 3.8) is 0 Å². The average molecular weight is 581 g/mol. The van der Waals surface area contributed by atoms with Gasteiger partial charge in [-0.25, -0.2) is 4.79 Å². The summed E-state index contributed by atoms with van der Waals surface area (Å²) in [6.07, 6.45) is -0.775. The molecule has 8 nitrogen and oxygen atoms in total. The Balaban J connectivity index is 1.65. The molecule has 2 aromatic rings. The molecule has 0 radical (unpaired) electrons. The zero-order valence-corrected chi connectivity index (χ0v) is 22.8. The van der Waals surface area contributed by atoms with Crippen molar-refractivity contribution in [2.45, 2.75) is 30.5 Å². The van der Waals surface area contributed by atoms with Crippen LogP contribution < -0.4 is 5.32 Å². The Bertz CT molecular complexity index is 1310. The van der Waals surface area contributed by atoms with Gasteiger partial charge in [-0.15, -0.1) is 11.8 Å². The van der Waals surface area contributed by atoms with Crippen LogP contribution in [0, 0.1) is 0 Å². The molecule has 0 saturated carbocycles. The zero-order valence-electron chi connectivity index (χ0n) is 19.7. The van der Waals surface area contributed by atoms with E-state index in [-0.39, 0.29) is 22.9 Å². The first-order chi connectivity index (χ1) is 17.6. The largest absolute Gasteiger partial charge is 0.477 e. The molecule has 0 bridgehead atoms. The van der Waals surface area contributed by atoms with E-state index in [2.05, 4.69) is 5.32 Å². The predicted octanol–water partition coefficient (Wildman–Crippen LogP) is 4.35. The topological polar surface area (TPSA) is 105 Å². The highest BCUT2D eigenvalue weighted by atomic mass is 35.5. The number of hydrogen-bond donors (Lipinski definition) is 2. The number of methoxy groups -OCH3 is 1. The Labute approximate surface area is 232 Å². The maximum atomic E-state index is 13.5. The van der Waals surface area contributed by atoms with E-state index < -0.39 is 35.0 Å². The third-order valence-electron chi connectivity index (χ3n) is 5.97. The number of thioether (sulfide) groups is 1. The molecule has 1 fully saturated rings. The monoisotopic (exact) mass is 580 g/mol. The van der Waals surface area contributed by atoms with Crippen molar-refractivity contribution in [3.8, 4) is 0 Å². The number of carbonyl (C=O) groups excluding carboxylic acids is 2. The van der Waals surface area contributed by atoms with Gasteiger partial charge in [0.05, 0.1) is 4.99 Å². The van der Waals surface area contributed by atoms with Crippen LogP contribution in [-0.2, 0) is 30.3 Å². The Morgan fingerprint density at radius 2 is 1.97 bits per heavy atom. The van der Waals surface area contributed by atoms with E-state index in [9.17, 15) is 19.5 Å². The Morgan fingerprint density at radius 1 is 1.27 bits per heavy atom. The van der Waals surface area contributed by atoms with Gasteiger partial charge in [0, 0.05) is 41.8 Å². The highest BCUT2D eigenvalue weighted by Crippen LogP contribution is 2.49. The van der Waals surface area contributed by atoms with E-state index in [0.29, 0.717) is 26.7 Å². The van der Waals surface area contributed by atoms with Crippen LogP contribution in [0.3, 0.4) is 0 Å². The molecule has 2 aromatic carbocycles. The lowest BCUT2D eigenvalue weighted by Gasteiger charge is -2.56. The van der Waals surface area contributed by atoms with Gasteiger partial charge < -0.3 is 19.9 Å². The predicted molar refractivity (Wildman–Crippen MR) is 144 cm³/mol. The lowest BCUT2D eigenvalue weighted by molar-refractivity contribution is -0.187. The number of β-lactam (4-membered cyclic amide) rings is 1. The summed E-state index contributed by atoms with van der Waals surface area (Å²) in [5.74, 6) is -2.36. The fourth-order valence-corrected chi connectivity index (χ4v) is 6.49. The van der Waals surface area contributed by atoms with Gasteiger partial charge in [-0.05, 0) is 29.3 Å². The highest BCUT2D eigenvalue weighted by Gasteiger charge is 2.66. The van der Waals surface area contributed by atoms with Gasteiger partial charge in [-0.3, -0.25) is 14.5 Å². The summed E-state index contributed by atoms with van der Waals surface area (Å²) in [4.78, 5) is 39.3. The summed E-state index contributed by atoms with van der Waals surface area (Å²) in [7, 11) is 1.35. The number of benzene rings is 2. The number of nitrogens with one attached hydrogen (secondary N) is 1. The fraction of sp³-hybridized carbons (Fsp3) is 0.280. The zero-order chi connectivity index (χ0) is 26.9. The number of amides is 1. The van der Waals surface area contributed by atoms with Crippen molar-refractivity contribution in [2.75, 3.05) is 12.9 Å². The number of hydrogen-bond acceptors (Lipinski definition) is 7. The van der Waals surface area contributed by atoms with Gasteiger partial charge in [0.15, 0.2) is 6.10 Å². The first kappa shape index (κ1) is 27.4. The van der Waals surface area contributed by atoms with Crippen LogP contribution in [0.2, 0.25) is 10.0 Å². The molecule has 2 aliphatic rings. The van der Waals surface area contributed by atoms with Gasteiger partial charge in [-0.2, -0.15) is 0 Å². The van der Waals surface area contributed by atoms with Gasteiger partial charge in [0.2, 0.25) is 0 Å². The van der Waals surface area contributed by atoms with E-state index in [4.69, 9.17) is 44.9 Å². The maximum Gasteiger partial charge on any atom is 0.352 e. The number of halogens is 2. The molecule has 0 aromatic heterocycles. The van der Waals surface area contributed by atoms with Crippen LogP contribution >= 0.6 is 47.2 Å². The molecular weight excluding hydrogens is 559 g/mol. The molecule has 4 rings (SSSR count). The van der Waals surface area contributed by atoms with Gasteiger partial charge >= 0.3 is 11.9 Å². The van der Waals surface area contributed by atoms with E-state index in [1.807, 2.05) is 0 Å². The molecule has 0 aliphatic carbocycles. The standard InChI is InChI=1S/C25H22Cl2N2O6S2/c1-13(30)35-21(14-6-4-3-5-7-14)17-12-37-24-25(34-2,23(33)29(24)20(17)22(31)32)28-19(36)11-15-10-16(26)8-9-18(15)27/h3-10,21,24H,11-12H2,1-2H3,(H,28,36)(H,31,32)/t21?,24-,25?/m0/s1. The molecule has 1 amide bonds. The second-order valence-corrected chi connectivity index (χ2v) is 10.7.